The van der Waals surface area contributed by atoms with Crippen molar-refractivity contribution in [1.29, 1.82) is 0 Å². The van der Waals surface area contributed by atoms with Gasteiger partial charge in [0.1, 0.15) is 5.82 Å². The van der Waals surface area contributed by atoms with Gasteiger partial charge in [-0.15, -0.1) is 0 Å². The minimum absolute atomic E-state index is 0.174. The standard InChI is InChI=1S/C27H27N3O.C3H8/c1-17-8-11-28-24(12-17)20-15-29-26(30-16-20)22-14-27(9-10-27)23-7-6-19(13-21(22)23)25(31)18-4-2-3-5-18;1-3-2/h6-8,11-13,15-16,18,22H,2-5,9-10,14H2,1H3;3H2,1-2H3. The Balaban J connectivity index is 0.000000764. The number of pyridine rings is 1. The molecule has 3 aromatic rings. The quantitative estimate of drug-likeness (QED) is 0.392. The lowest BCUT2D eigenvalue weighted by Crippen LogP contribution is -2.12. The number of fused-ring (bicyclic) bond motifs is 2. The Kier molecular flexibility index (Phi) is 6.33. The number of hydrogen-bond donors (Lipinski definition) is 0. The molecule has 176 valence electrons. The highest BCUT2D eigenvalue weighted by Crippen LogP contribution is 2.61. The van der Waals surface area contributed by atoms with Gasteiger partial charge in [-0.2, -0.15) is 0 Å². The Morgan fingerprint density at radius 2 is 1.71 bits per heavy atom. The van der Waals surface area contributed by atoms with Gasteiger partial charge in [-0.05, 0) is 79.3 Å². The Morgan fingerprint density at radius 3 is 2.35 bits per heavy atom. The van der Waals surface area contributed by atoms with Crippen molar-refractivity contribution in [2.75, 3.05) is 0 Å². The summed E-state index contributed by atoms with van der Waals surface area (Å²) in [6.07, 6.45) is 14.9. The van der Waals surface area contributed by atoms with Crippen molar-refractivity contribution in [2.45, 2.75) is 83.5 Å². The van der Waals surface area contributed by atoms with Gasteiger partial charge in [-0.1, -0.05) is 45.2 Å². The second-order valence-corrected chi connectivity index (χ2v) is 10.4. The molecule has 0 saturated heterocycles. The van der Waals surface area contributed by atoms with E-state index in [0.717, 1.165) is 41.9 Å². The molecular weight excluding hydrogens is 418 g/mol. The zero-order chi connectivity index (χ0) is 23.7. The molecule has 2 saturated carbocycles. The number of aromatic nitrogens is 3. The van der Waals surface area contributed by atoms with Crippen molar-refractivity contribution in [3.05, 3.63) is 77.0 Å². The van der Waals surface area contributed by atoms with Gasteiger partial charge in [0.25, 0.3) is 0 Å². The first-order valence-electron chi connectivity index (χ1n) is 13.0. The molecule has 0 bridgehead atoms. The zero-order valence-electron chi connectivity index (χ0n) is 20.7. The molecule has 1 unspecified atom stereocenters. The van der Waals surface area contributed by atoms with Crippen LogP contribution >= 0.6 is 0 Å². The van der Waals surface area contributed by atoms with E-state index in [1.54, 1.807) is 0 Å². The number of nitrogens with zero attached hydrogens (tertiary/aromatic N) is 3. The monoisotopic (exact) mass is 453 g/mol. The van der Waals surface area contributed by atoms with Crippen LogP contribution in [0.3, 0.4) is 0 Å². The van der Waals surface area contributed by atoms with Crippen molar-refractivity contribution < 1.29 is 4.79 Å². The third-order valence-electron chi connectivity index (χ3n) is 7.65. The highest BCUT2D eigenvalue weighted by atomic mass is 16.1. The van der Waals surface area contributed by atoms with E-state index in [1.807, 2.05) is 24.7 Å². The Hall–Kier alpha value is -2.88. The summed E-state index contributed by atoms with van der Waals surface area (Å²) in [6, 6.07) is 10.5. The van der Waals surface area contributed by atoms with Crippen LogP contribution in [-0.2, 0) is 5.41 Å². The molecule has 0 amide bonds. The summed E-state index contributed by atoms with van der Waals surface area (Å²) in [5.41, 5.74) is 6.90. The summed E-state index contributed by atoms with van der Waals surface area (Å²) in [6.45, 7) is 6.31. The number of benzene rings is 1. The maximum absolute atomic E-state index is 13.1. The minimum atomic E-state index is 0.174. The van der Waals surface area contributed by atoms with Crippen LogP contribution in [0, 0.1) is 12.8 Å². The highest BCUT2D eigenvalue weighted by molar-refractivity contribution is 5.98. The summed E-state index contributed by atoms with van der Waals surface area (Å²) < 4.78 is 0. The summed E-state index contributed by atoms with van der Waals surface area (Å²) in [4.78, 5) is 27.1. The molecule has 1 atom stereocenters. The van der Waals surface area contributed by atoms with E-state index >= 15 is 0 Å². The molecular formula is C30H35N3O. The second-order valence-electron chi connectivity index (χ2n) is 10.4. The van der Waals surface area contributed by atoms with E-state index in [1.165, 1.54) is 48.8 Å². The van der Waals surface area contributed by atoms with Crippen LogP contribution in [0.2, 0.25) is 0 Å². The normalized spacial score (nSPS) is 20.0. The Bertz CT molecular complexity index is 1170. The average molecular weight is 454 g/mol. The van der Waals surface area contributed by atoms with E-state index in [2.05, 4.69) is 50.0 Å². The molecule has 34 heavy (non-hydrogen) atoms. The third-order valence-corrected chi connectivity index (χ3v) is 7.65. The number of ketones is 1. The lowest BCUT2D eigenvalue weighted by Gasteiger charge is -2.13. The van der Waals surface area contributed by atoms with Gasteiger partial charge < -0.3 is 0 Å². The third kappa shape index (κ3) is 4.31. The van der Waals surface area contributed by atoms with Crippen molar-refractivity contribution in [3.8, 4) is 11.3 Å². The van der Waals surface area contributed by atoms with E-state index < -0.39 is 0 Å². The summed E-state index contributed by atoms with van der Waals surface area (Å²) in [5.74, 6) is 1.59. The summed E-state index contributed by atoms with van der Waals surface area (Å²) in [5, 5.41) is 0. The maximum atomic E-state index is 13.1. The van der Waals surface area contributed by atoms with Crippen LogP contribution in [-0.4, -0.2) is 20.7 Å². The van der Waals surface area contributed by atoms with Crippen molar-refractivity contribution in [1.82, 2.24) is 15.0 Å². The predicted octanol–water partition coefficient (Wildman–Crippen LogP) is 7.20. The number of aryl methyl sites for hydroxylation is 1. The van der Waals surface area contributed by atoms with Gasteiger partial charge in [0.05, 0.1) is 5.69 Å². The van der Waals surface area contributed by atoms with Crippen molar-refractivity contribution in [3.63, 3.8) is 0 Å². The lowest BCUT2D eigenvalue weighted by molar-refractivity contribution is 0.0922. The average Bonchev–Trinajstić information content (AvgIpc) is 3.28. The first-order valence-corrected chi connectivity index (χ1v) is 13.0. The molecule has 0 aliphatic heterocycles. The maximum Gasteiger partial charge on any atom is 0.165 e. The Labute approximate surface area is 203 Å². The SMILES string of the molecule is CCC.Cc1ccnc(-c2cnc(C3CC4(CC4)c4ccc(C(=O)C5CCCC5)cc43)nc2)c1. The fourth-order valence-electron chi connectivity index (χ4n) is 5.72. The lowest BCUT2D eigenvalue weighted by atomic mass is 9.91. The molecule has 4 nitrogen and oxygen atoms in total. The second kappa shape index (κ2) is 9.40. The largest absolute Gasteiger partial charge is 0.294 e. The van der Waals surface area contributed by atoms with Crippen LogP contribution in [0.1, 0.15) is 104 Å². The first kappa shape index (κ1) is 22.9. The summed E-state index contributed by atoms with van der Waals surface area (Å²) >= 11 is 0. The fourth-order valence-corrected chi connectivity index (χ4v) is 5.72. The van der Waals surface area contributed by atoms with Gasteiger partial charge in [-0.25, -0.2) is 9.97 Å². The molecule has 2 heterocycles. The fraction of sp³-hybridized carbons (Fsp3) is 0.467. The number of carbonyl (C=O) groups excluding carboxylic acids is 1. The van der Waals surface area contributed by atoms with E-state index in [4.69, 9.17) is 9.97 Å². The molecule has 1 aromatic carbocycles. The van der Waals surface area contributed by atoms with Crippen molar-refractivity contribution in [2.24, 2.45) is 5.92 Å². The topological polar surface area (TPSA) is 55.7 Å². The molecule has 6 rings (SSSR count). The number of hydrogen-bond acceptors (Lipinski definition) is 4. The van der Waals surface area contributed by atoms with Gasteiger partial charge in [0.15, 0.2) is 5.78 Å². The first-order chi connectivity index (χ1) is 16.5. The number of carbonyl (C=O) groups is 1. The number of Topliss-reactive ketones (excluding diaryl/α,β-unsaturated/α-hetero) is 1. The number of rotatable bonds is 4. The zero-order valence-corrected chi connectivity index (χ0v) is 20.7. The minimum Gasteiger partial charge on any atom is -0.294 e. The molecule has 0 radical (unpaired) electrons. The van der Waals surface area contributed by atoms with Gasteiger partial charge in [-0.3, -0.25) is 9.78 Å². The Morgan fingerprint density at radius 1 is 1.00 bits per heavy atom. The molecule has 2 fully saturated rings. The van der Waals surface area contributed by atoms with E-state index in [-0.39, 0.29) is 17.3 Å². The molecule has 1 spiro atoms. The van der Waals surface area contributed by atoms with Crippen LogP contribution in [0.15, 0.2) is 48.9 Å². The van der Waals surface area contributed by atoms with Gasteiger partial charge in [0, 0.05) is 41.6 Å². The van der Waals surface area contributed by atoms with E-state index in [0.29, 0.717) is 5.78 Å². The molecule has 4 heteroatoms. The van der Waals surface area contributed by atoms with Crippen LogP contribution in [0.25, 0.3) is 11.3 Å². The van der Waals surface area contributed by atoms with Gasteiger partial charge >= 0.3 is 0 Å². The van der Waals surface area contributed by atoms with Crippen molar-refractivity contribution >= 4 is 5.78 Å². The van der Waals surface area contributed by atoms with Crippen LogP contribution < -0.4 is 0 Å². The van der Waals surface area contributed by atoms with Crippen LogP contribution in [0.5, 0.6) is 0 Å². The smallest absolute Gasteiger partial charge is 0.165 e. The molecule has 3 aliphatic carbocycles. The highest BCUT2D eigenvalue weighted by Gasteiger charge is 2.53. The molecule has 2 aromatic heterocycles. The van der Waals surface area contributed by atoms with Gasteiger partial charge in [0.2, 0.25) is 0 Å². The molecule has 3 aliphatic rings. The van der Waals surface area contributed by atoms with E-state index in [9.17, 15) is 4.79 Å². The predicted molar refractivity (Wildman–Crippen MR) is 136 cm³/mol. The van der Waals surface area contributed by atoms with Crippen LogP contribution in [0.4, 0.5) is 0 Å². The summed E-state index contributed by atoms with van der Waals surface area (Å²) in [7, 11) is 0. The molecule has 0 N–H and O–H groups in total.